The Morgan fingerprint density at radius 3 is 2.46 bits per heavy atom. The zero-order valence-corrected chi connectivity index (χ0v) is 14.8. The van der Waals surface area contributed by atoms with Gasteiger partial charge in [0.05, 0.1) is 12.3 Å². The summed E-state index contributed by atoms with van der Waals surface area (Å²) in [6.07, 6.45) is 4.35. The van der Waals surface area contributed by atoms with Crippen molar-refractivity contribution in [2.24, 2.45) is 4.99 Å². The molecule has 2 saturated heterocycles. The van der Waals surface area contributed by atoms with E-state index < -0.39 is 10.0 Å². The number of nitrogens with one attached hydrogen (secondary N) is 1. The fourth-order valence-corrected chi connectivity index (χ4v) is 4.70. The van der Waals surface area contributed by atoms with Crippen LogP contribution in [0.15, 0.2) is 35.3 Å². The van der Waals surface area contributed by atoms with E-state index in [0.717, 1.165) is 31.2 Å². The Morgan fingerprint density at radius 2 is 1.79 bits per heavy atom. The number of hydrogen-bond acceptors (Lipinski definition) is 3. The van der Waals surface area contributed by atoms with Crippen LogP contribution < -0.4 is 5.32 Å². The highest BCUT2D eigenvalue weighted by Gasteiger charge is 2.27. The van der Waals surface area contributed by atoms with Crippen molar-refractivity contribution in [3.8, 4) is 0 Å². The number of anilines is 1. The fraction of sp³-hybridized carbons (Fsp3) is 0.588. The SMILES string of the molecule is O=S1(=O)CCCN1CCN=C(Nc1ccccc1)N1CCCCC1. The van der Waals surface area contributed by atoms with Crippen LogP contribution in [0.3, 0.4) is 0 Å². The smallest absolute Gasteiger partial charge is 0.214 e. The molecule has 0 unspecified atom stereocenters. The Hall–Kier alpha value is -1.60. The van der Waals surface area contributed by atoms with Gasteiger partial charge in [0.15, 0.2) is 5.96 Å². The van der Waals surface area contributed by atoms with Crippen molar-refractivity contribution >= 4 is 21.7 Å². The third kappa shape index (κ3) is 4.48. The molecule has 132 valence electrons. The summed E-state index contributed by atoms with van der Waals surface area (Å²) in [6, 6.07) is 10.0. The molecule has 24 heavy (non-hydrogen) atoms. The molecule has 6 nitrogen and oxygen atoms in total. The number of nitrogens with zero attached hydrogens (tertiary/aromatic N) is 3. The van der Waals surface area contributed by atoms with Gasteiger partial charge in [-0.25, -0.2) is 12.7 Å². The van der Waals surface area contributed by atoms with Crippen LogP contribution in [0.5, 0.6) is 0 Å². The van der Waals surface area contributed by atoms with E-state index in [9.17, 15) is 8.42 Å². The average Bonchev–Trinajstić information content (AvgIpc) is 2.94. The van der Waals surface area contributed by atoms with Crippen molar-refractivity contribution in [1.29, 1.82) is 0 Å². The predicted octanol–water partition coefficient (Wildman–Crippen LogP) is 1.98. The van der Waals surface area contributed by atoms with Gasteiger partial charge in [0, 0.05) is 31.9 Å². The summed E-state index contributed by atoms with van der Waals surface area (Å²) in [4.78, 5) is 6.97. The van der Waals surface area contributed by atoms with Crippen molar-refractivity contribution in [1.82, 2.24) is 9.21 Å². The average molecular weight is 350 g/mol. The summed E-state index contributed by atoms with van der Waals surface area (Å²) in [5, 5.41) is 3.40. The fourth-order valence-electron chi connectivity index (χ4n) is 3.18. The monoisotopic (exact) mass is 350 g/mol. The van der Waals surface area contributed by atoms with Crippen molar-refractivity contribution in [2.75, 3.05) is 43.8 Å². The van der Waals surface area contributed by atoms with Gasteiger partial charge in [0.1, 0.15) is 0 Å². The summed E-state index contributed by atoms with van der Waals surface area (Å²) in [5.41, 5.74) is 1.01. The Labute approximate surface area is 144 Å². The van der Waals surface area contributed by atoms with Gasteiger partial charge in [0.2, 0.25) is 10.0 Å². The summed E-state index contributed by atoms with van der Waals surface area (Å²) in [7, 11) is -3.04. The van der Waals surface area contributed by atoms with Gasteiger partial charge in [0.25, 0.3) is 0 Å². The minimum Gasteiger partial charge on any atom is -0.343 e. The normalized spacial score (nSPS) is 21.8. The molecule has 0 radical (unpaired) electrons. The van der Waals surface area contributed by atoms with Gasteiger partial charge in [-0.15, -0.1) is 0 Å². The summed E-state index contributed by atoms with van der Waals surface area (Å²) in [6.45, 7) is 3.59. The summed E-state index contributed by atoms with van der Waals surface area (Å²) < 4.78 is 25.3. The summed E-state index contributed by atoms with van der Waals surface area (Å²) in [5.74, 6) is 1.13. The highest BCUT2D eigenvalue weighted by molar-refractivity contribution is 7.89. The zero-order valence-electron chi connectivity index (χ0n) is 14.0. The molecule has 2 aliphatic rings. The molecule has 3 rings (SSSR count). The Morgan fingerprint density at radius 1 is 1.04 bits per heavy atom. The van der Waals surface area contributed by atoms with E-state index in [1.807, 2.05) is 30.3 Å². The number of rotatable bonds is 4. The molecule has 1 aromatic rings. The van der Waals surface area contributed by atoms with Crippen molar-refractivity contribution in [3.63, 3.8) is 0 Å². The van der Waals surface area contributed by atoms with Crippen LogP contribution >= 0.6 is 0 Å². The molecule has 1 aromatic carbocycles. The molecular formula is C17H26N4O2S. The minimum absolute atomic E-state index is 0.276. The molecule has 2 aliphatic heterocycles. The number of hydrogen-bond donors (Lipinski definition) is 1. The quantitative estimate of drug-likeness (QED) is 0.666. The van der Waals surface area contributed by atoms with E-state index in [-0.39, 0.29) is 5.75 Å². The van der Waals surface area contributed by atoms with Crippen LogP contribution in [-0.2, 0) is 10.0 Å². The van der Waals surface area contributed by atoms with Crippen LogP contribution in [0.4, 0.5) is 5.69 Å². The maximum Gasteiger partial charge on any atom is 0.214 e. The Balaban J connectivity index is 1.66. The van der Waals surface area contributed by atoms with Gasteiger partial charge < -0.3 is 10.2 Å². The lowest BCUT2D eigenvalue weighted by Crippen LogP contribution is -2.40. The predicted molar refractivity (Wildman–Crippen MR) is 97.8 cm³/mol. The second-order valence-corrected chi connectivity index (χ2v) is 8.40. The van der Waals surface area contributed by atoms with E-state index >= 15 is 0 Å². The van der Waals surface area contributed by atoms with Crippen LogP contribution in [0.2, 0.25) is 0 Å². The highest BCUT2D eigenvalue weighted by atomic mass is 32.2. The summed E-state index contributed by atoms with van der Waals surface area (Å²) >= 11 is 0. The van der Waals surface area contributed by atoms with Crippen molar-refractivity contribution in [3.05, 3.63) is 30.3 Å². The number of likely N-dealkylation sites (tertiary alicyclic amines) is 1. The van der Waals surface area contributed by atoms with E-state index in [1.165, 1.54) is 19.3 Å². The molecule has 0 spiro atoms. The van der Waals surface area contributed by atoms with Crippen LogP contribution in [-0.4, -0.2) is 62.1 Å². The molecular weight excluding hydrogens is 324 g/mol. The van der Waals surface area contributed by atoms with E-state index in [0.29, 0.717) is 19.6 Å². The molecule has 0 amide bonds. The second-order valence-electron chi connectivity index (χ2n) is 6.31. The van der Waals surface area contributed by atoms with Crippen LogP contribution in [0.1, 0.15) is 25.7 Å². The largest absolute Gasteiger partial charge is 0.343 e. The van der Waals surface area contributed by atoms with E-state index in [4.69, 9.17) is 4.99 Å². The van der Waals surface area contributed by atoms with E-state index in [1.54, 1.807) is 4.31 Å². The zero-order chi connectivity index (χ0) is 16.8. The number of guanidine groups is 1. The third-order valence-electron chi connectivity index (χ3n) is 4.50. The highest BCUT2D eigenvalue weighted by Crippen LogP contribution is 2.14. The van der Waals surface area contributed by atoms with Gasteiger partial charge >= 0.3 is 0 Å². The molecule has 1 N–H and O–H groups in total. The van der Waals surface area contributed by atoms with Crippen molar-refractivity contribution < 1.29 is 8.42 Å². The topological polar surface area (TPSA) is 65.0 Å². The molecule has 0 atom stereocenters. The van der Waals surface area contributed by atoms with Crippen LogP contribution in [0.25, 0.3) is 0 Å². The lowest BCUT2D eigenvalue weighted by atomic mass is 10.1. The third-order valence-corrected chi connectivity index (χ3v) is 6.46. The van der Waals surface area contributed by atoms with Gasteiger partial charge in [-0.05, 0) is 37.8 Å². The maximum atomic E-state index is 11.9. The van der Waals surface area contributed by atoms with Gasteiger partial charge in [-0.1, -0.05) is 18.2 Å². The van der Waals surface area contributed by atoms with Crippen molar-refractivity contribution in [2.45, 2.75) is 25.7 Å². The minimum atomic E-state index is -3.04. The lowest BCUT2D eigenvalue weighted by molar-refractivity contribution is 0.340. The first-order valence-electron chi connectivity index (χ1n) is 8.74. The Kier molecular flexibility index (Phi) is 5.73. The first kappa shape index (κ1) is 17.2. The number of benzene rings is 1. The standard InChI is InChI=1S/C17H26N4O2S/c22-24(23)15-7-13-21(24)14-10-18-17(20-11-5-2-6-12-20)19-16-8-3-1-4-9-16/h1,3-4,8-9H,2,5-7,10-15H2,(H,18,19). The number of sulfonamides is 1. The van der Waals surface area contributed by atoms with Gasteiger partial charge in [-0.3, -0.25) is 4.99 Å². The molecule has 2 fully saturated rings. The molecule has 0 aliphatic carbocycles. The first-order chi connectivity index (χ1) is 11.6. The maximum absolute atomic E-state index is 11.9. The first-order valence-corrected chi connectivity index (χ1v) is 10.4. The van der Waals surface area contributed by atoms with E-state index in [2.05, 4.69) is 10.2 Å². The molecule has 7 heteroatoms. The number of aliphatic imine (C=N–C) groups is 1. The number of piperidine rings is 1. The second kappa shape index (κ2) is 7.98. The van der Waals surface area contributed by atoms with Crippen LogP contribution in [0, 0.1) is 0 Å². The molecule has 2 heterocycles. The lowest BCUT2D eigenvalue weighted by Gasteiger charge is -2.30. The van der Waals surface area contributed by atoms with Gasteiger partial charge in [-0.2, -0.15) is 0 Å². The molecule has 0 bridgehead atoms. The molecule has 0 aromatic heterocycles. The molecule has 0 saturated carbocycles. The number of para-hydroxylation sites is 1. The Bertz CT molecular complexity index is 654.